The number of para-hydroxylation sites is 1. The molecule has 21 heavy (non-hydrogen) atoms. The third-order valence-electron chi connectivity index (χ3n) is 3.40. The molecule has 1 atom stereocenters. The molecule has 2 nitrogen and oxygen atoms in total. The van der Waals surface area contributed by atoms with Gasteiger partial charge in [0, 0.05) is 12.2 Å². The number of benzene rings is 2. The van der Waals surface area contributed by atoms with Crippen LogP contribution < -0.4 is 5.32 Å². The summed E-state index contributed by atoms with van der Waals surface area (Å²) in [5.41, 5.74) is 1.66. The second kappa shape index (κ2) is 6.68. The topological polar surface area (TPSA) is 32.3 Å². The number of aliphatic hydroxyl groups is 1. The molecular formula is C17H19F2NO. The summed E-state index contributed by atoms with van der Waals surface area (Å²) in [6.07, 6.45) is -1.24. The van der Waals surface area contributed by atoms with E-state index in [9.17, 15) is 13.9 Å². The Morgan fingerprint density at radius 3 is 2.24 bits per heavy atom. The van der Waals surface area contributed by atoms with Crippen LogP contribution in [0.5, 0.6) is 0 Å². The molecule has 112 valence electrons. The van der Waals surface area contributed by atoms with Crippen molar-refractivity contribution in [2.45, 2.75) is 25.9 Å². The van der Waals surface area contributed by atoms with Crippen molar-refractivity contribution in [1.82, 2.24) is 0 Å². The maximum atomic E-state index is 13.6. The normalized spacial score (nSPS) is 12.5. The number of hydrogen-bond acceptors (Lipinski definition) is 2. The minimum absolute atomic E-state index is 0.0432. The van der Waals surface area contributed by atoms with Crippen molar-refractivity contribution < 1.29 is 13.9 Å². The highest BCUT2D eigenvalue weighted by atomic mass is 19.1. The Morgan fingerprint density at radius 2 is 1.62 bits per heavy atom. The highest BCUT2D eigenvalue weighted by molar-refractivity contribution is 5.52. The van der Waals surface area contributed by atoms with E-state index in [1.807, 2.05) is 24.3 Å². The van der Waals surface area contributed by atoms with E-state index in [0.29, 0.717) is 5.92 Å². The summed E-state index contributed by atoms with van der Waals surface area (Å²) in [4.78, 5) is 0. The van der Waals surface area contributed by atoms with Gasteiger partial charge in [-0.3, -0.25) is 0 Å². The van der Waals surface area contributed by atoms with Crippen LogP contribution >= 0.6 is 0 Å². The number of hydrogen-bond donors (Lipinski definition) is 2. The fourth-order valence-corrected chi connectivity index (χ4v) is 2.30. The molecule has 2 aromatic carbocycles. The van der Waals surface area contributed by atoms with Gasteiger partial charge >= 0.3 is 0 Å². The average Bonchev–Trinajstić information content (AvgIpc) is 2.45. The van der Waals surface area contributed by atoms with Crippen LogP contribution in [0.3, 0.4) is 0 Å². The van der Waals surface area contributed by atoms with Gasteiger partial charge in [0.15, 0.2) is 0 Å². The van der Waals surface area contributed by atoms with Crippen LogP contribution in [0.25, 0.3) is 0 Å². The summed E-state index contributed by atoms with van der Waals surface area (Å²) in [5, 5.41) is 13.1. The van der Waals surface area contributed by atoms with Crippen LogP contribution in [-0.4, -0.2) is 11.7 Å². The second-order valence-corrected chi connectivity index (χ2v) is 5.27. The smallest absolute Gasteiger partial charge is 0.132 e. The van der Waals surface area contributed by atoms with E-state index in [1.54, 1.807) is 0 Å². The molecule has 0 spiro atoms. The first-order valence-electron chi connectivity index (χ1n) is 6.95. The van der Waals surface area contributed by atoms with Gasteiger partial charge in [0.2, 0.25) is 0 Å². The minimum Gasteiger partial charge on any atom is -0.386 e. The van der Waals surface area contributed by atoms with Gasteiger partial charge < -0.3 is 10.4 Å². The maximum absolute atomic E-state index is 13.6. The molecule has 0 heterocycles. The van der Waals surface area contributed by atoms with E-state index in [2.05, 4.69) is 19.2 Å². The number of aliphatic hydroxyl groups excluding tert-OH is 1. The molecule has 0 aliphatic carbocycles. The van der Waals surface area contributed by atoms with Gasteiger partial charge in [-0.15, -0.1) is 0 Å². The molecule has 0 radical (unpaired) electrons. The second-order valence-electron chi connectivity index (χ2n) is 5.27. The standard InChI is InChI=1S/C17H19F2NO/c1-11(2)12-6-3-4-9-15(12)20-10-16(21)17-13(18)7-5-8-14(17)19/h3-9,11,16,20-21H,10H2,1-2H3. The highest BCUT2D eigenvalue weighted by Gasteiger charge is 2.18. The first-order valence-corrected chi connectivity index (χ1v) is 6.95. The zero-order valence-corrected chi connectivity index (χ0v) is 12.1. The van der Waals surface area contributed by atoms with Gasteiger partial charge in [0.25, 0.3) is 0 Å². The van der Waals surface area contributed by atoms with Gasteiger partial charge in [0.1, 0.15) is 17.7 Å². The Kier molecular flexibility index (Phi) is 4.91. The molecule has 0 fully saturated rings. The van der Waals surface area contributed by atoms with Gasteiger partial charge in [-0.25, -0.2) is 8.78 Å². The average molecular weight is 291 g/mol. The summed E-state index contributed by atoms with van der Waals surface area (Å²) in [5.74, 6) is -1.15. The zero-order chi connectivity index (χ0) is 15.4. The SMILES string of the molecule is CC(C)c1ccccc1NCC(O)c1c(F)cccc1F. The Balaban J connectivity index is 2.13. The lowest BCUT2D eigenvalue weighted by Crippen LogP contribution is -2.16. The molecule has 0 amide bonds. The van der Waals surface area contributed by atoms with Crippen LogP contribution in [0.4, 0.5) is 14.5 Å². The monoisotopic (exact) mass is 291 g/mol. The number of halogens is 2. The minimum atomic E-state index is -1.24. The van der Waals surface area contributed by atoms with Crippen LogP contribution in [0.2, 0.25) is 0 Å². The molecule has 0 saturated carbocycles. The van der Waals surface area contributed by atoms with Gasteiger partial charge in [0.05, 0.1) is 5.56 Å². The summed E-state index contributed by atoms with van der Waals surface area (Å²) in [7, 11) is 0. The fraction of sp³-hybridized carbons (Fsp3) is 0.294. The highest BCUT2D eigenvalue weighted by Crippen LogP contribution is 2.25. The molecule has 0 aliphatic rings. The van der Waals surface area contributed by atoms with Crippen LogP contribution in [0.15, 0.2) is 42.5 Å². The van der Waals surface area contributed by atoms with Crippen molar-refractivity contribution in [1.29, 1.82) is 0 Å². The van der Waals surface area contributed by atoms with Crippen LogP contribution in [0, 0.1) is 11.6 Å². The molecule has 2 aromatic rings. The van der Waals surface area contributed by atoms with E-state index < -0.39 is 17.7 Å². The summed E-state index contributed by atoms with van der Waals surface area (Å²) in [6.45, 7) is 4.17. The van der Waals surface area contributed by atoms with Gasteiger partial charge in [-0.2, -0.15) is 0 Å². The molecule has 4 heteroatoms. The third-order valence-corrected chi connectivity index (χ3v) is 3.40. The number of nitrogens with one attached hydrogen (secondary N) is 1. The summed E-state index contributed by atoms with van der Waals surface area (Å²) < 4.78 is 27.2. The van der Waals surface area contributed by atoms with Crippen molar-refractivity contribution in [2.75, 3.05) is 11.9 Å². The molecule has 2 N–H and O–H groups in total. The lowest BCUT2D eigenvalue weighted by molar-refractivity contribution is 0.181. The van der Waals surface area contributed by atoms with Crippen molar-refractivity contribution in [3.05, 3.63) is 65.2 Å². The quantitative estimate of drug-likeness (QED) is 0.864. The predicted octanol–water partition coefficient (Wildman–Crippen LogP) is 4.23. The molecule has 0 saturated heterocycles. The molecule has 0 aliphatic heterocycles. The van der Waals surface area contributed by atoms with Crippen molar-refractivity contribution >= 4 is 5.69 Å². The lowest BCUT2D eigenvalue weighted by Gasteiger charge is -2.18. The Hall–Kier alpha value is -1.94. The van der Waals surface area contributed by atoms with E-state index in [0.717, 1.165) is 23.4 Å². The molecule has 2 rings (SSSR count). The van der Waals surface area contributed by atoms with Crippen molar-refractivity contribution in [3.63, 3.8) is 0 Å². The van der Waals surface area contributed by atoms with E-state index in [1.165, 1.54) is 6.07 Å². The van der Waals surface area contributed by atoms with Crippen molar-refractivity contribution in [3.8, 4) is 0 Å². The number of anilines is 1. The number of rotatable bonds is 5. The Bertz CT molecular complexity index is 593. The Labute approximate surface area is 123 Å². The van der Waals surface area contributed by atoms with E-state index >= 15 is 0 Å². The van der Waals surface area contributed by atoms with Gasteiger partial charge in [-0.1, -0.05) is 38.1 Å². The summed E-state index contributed by atoms with van der Waals surface area (Å²) in [6, 6.07) is 11.3. The lowest BCUT2D eigenvalue weighted by atomic mass is 10.0. The first-order chi connectivity index (χ1) is 10.0. The first kappa shape index (κ1) is 15.4. The zero-order valence-electron chi connectivity index (χ0n) is 12.1. The molecule has 0 aromatic heterocycles. The van der Waals surface area contributed by atoms with E-state index in [4.69, 9.17) is 0 Å². The van der Waals surface area contributed by atoms with Crippen molar-refractivity contribution in [2.24, 2.45) is 0 Å². The van der Waals surface area contributed by atoms with Crippen LogP contribution in [-0.2, 0) is 0 Å². The Morgan fingerprint density at radius 1 is 1.00 bits per heavy atom. The predicted molar refractivity (Wildman–Crippen MR) is 80.3 cm³/mol. The third kappa shape index (κ3) is 3.58. The maximum Gasteiger partial charge on any atom is 0.132 e. The van der Waals surface area contributed by atoms with E-state index in [-0.39, 0.29) is 12.1 Å². The molecule has 1 unspecified atom stereocenters. The summed E-state index contributed by atoms with van der Waals surface area (Å²) >= 11 is 0. The largest absolute Gasteiger partial charge is 0.386 e. The van der Waals surface area contributed by atoms with Gasteiger partial charge in [-0.05, 0) is 29.7 Å². The molecule has 0 bridgehead atoms. The fourth-order valence-electron chi connectivity index (χ4n) is 2.30. The van der Waals surface area contributed by atoms with Crippen LogP contribution in [0.1, 0.15) is 37.0 Å². The molecular weight excluding hydrogens is 272 g/mol.